The van der Waals surface area contributed by atoms with Gasteiger partial charge in [-0.25, -0.2) is 28.8 Å². The summed E-state index contributed by atoms with van der Waals surface area (Å²) in [4.78, 5) is 25.8. The van der Waals surface area contributed by atoms with Gasteiger partial charge in [0.1, 0.15) is 30.5 Å². The second kappa shape index (κ2) is 5.86. The normalized spacial score (nSPS) is 26.1. The average Bonchev–Trinajstić information content (AvgIpc) is 3.28. The molecular formula is C12H14N7O5P. The first-order chi connectivity index (χ1) is 12.0. The van der Waals surface area contributed by atoms with Gasteiger partial charge in [-0.15, -0.1) is 0 Å². The van der Waals surface area contributed by atoms with E-state index in [9.17, 15) is 14.6 Å². The molecule has 3 aromatic heterocycles. The fraction of sp³-hybridized carbons (Fsp3) is 0.333. The van der Waals surface area contributed by atoms with E-state index in [-0.39, 0.29) is 12.2 Å². The molecule has 1 aliphatic heterocycles. The van der Waals surface area contributed by atoms with Crippen LogP contribution < -0.4 is 5.73 Å². The van der Waals surface area contributed by atoms with Crippen LogP contribution in [0.1, 0.15) is 12.6 Å². The Labute approximate surface area is 140 Å². The molecule has 3 aromatic rings. The number of fused-ring (bicyclic) bond motifs is 1. The summed E-state index contributed by atoms with van der Waals surface area (Å²) in [6, 6.07) is 0. The molecule has 0 saturated carbocycles. The van der Waals surface area contributed by atoms with Crippen molar-refractivity contribution in [2.75, 3.05) is 5.73 Å². The lowest BCUT2D eigenvalue weighted by molar-refractivity contribution is -0.128. The first-order valence-electron chi connectivity index (χ1n) is 7.22. The van der Waals surface area contributed by atoms with Crippen molar-refractivity contribution in [3.63, 3.8) is 0 Å². The number of nitrogens with two attached hydrogens (primary N) is 1. The fourth-order valence-corrected chi connectivity index (χ4v) is 3.55. The van der Waals surface area contributed by atoms with Gasteiger partial charge < -0.3 is 20.5 Å². The minimum atomic E-state index is -4.24. The first kappa shape index (κ1) is 16.1. The van der Waals surface area contributed by atoms with Gasteiger partial charge in [0.25, 0.3) is 0 Å². The number of imidazole rings is 2. The topological polar surface area (TPSA) is 163 Å². The highest BCUT2D eigenvalue weighted by Gasteiger charge is 2.41. The quantitative estimate of drug-likeness (QED) is 0.529. The first-order valence-corrected chi connectivity index (χ1v) is 8.75. The Morgan fingerprint density at radius 2 is 2.20 bits per heavy atom. The number of anilines is 1. The van der Waals surface area contributed by atoms with Crippen molar-refractivity contribution in [1.82, 2.24) is 28.8 Å². The van der Waals surface area contributed by atoms with E-state index in [1.54, 1.807) is 4.57 Å². The van der Waals surface area contributed by atoms with Crippen molar-refractivity contribution < 1.29 is 23.8 Å². The van der Waals surface area contributed by atoms with Crippen LogP contribution in [-0.4, -0.2) is 51.2 Å². The summed E-state index contributed by atoms with van der Waals surface area (Å²) in [6.07, 6.45) is 3.49. The van der Waals surface area contributed by atoms with E-state index < -0.39 is 26.4 Å². The molecule has 4 N–H and O–H groups in total. The molecule has 0 aliphatic carbocycles. The molecule has 1 saturated heterocycles. The molecule has 12 nitrogen and oxygen atoms in total. The number of aliphatic hydroxyl groups is 1. The molecule has 0 spiro atoms. The Kier molecular flexibility index (Phi) is 3.78. The fourth-order valence-electron chi connectivity index (χ4n) is 2.57. The van der Waals surface area contributed by atoms with Gasteiger partial charge >= 0.3 is 7.75 Å². The number of rotatable bonds is 4. The number of ether oxygens (including phenoxy) is 1. The van der Waals surface area contributed by atoms with Crippen LogP contribution in [0.4, 0.5) is 5.82 Å². The molecular weight excluding hydrogens is 353 g/mol. The molecule has 0 bridgehead atoms. The van der Waals surface area contributed by atoms with E-state index in [0.717, 1.165) is 10.7 Å². The maximum absolute atomic E-state index is 12.2. The molecule has 1 fully saturated rings. The van der Waals surface area contributed by atoms with Gasteiger partial charge in [-0.2, -0.15) is 0 Å². The van der Waals surface area contributed by atoms with Gasteiger partial charge in [-0.05, 0) is 0 Å². The van der Waals surface area contributed by atoms with Crippen molar-refractivity contribution in [1.29, 1.82) is 0 Å². The lowest BCUT2D eigenvalue weighted by Crippen LogP contribution is -2.24. The number of hydrogen-bond donors (Lipinski definition) is 3. The summed E-state index contributed by atoms with van der Waals surface area (Å²) >= 11 is 0. The second-order valence-corrected chi connectivity index (χ2v) is 7.04. The predicted octanol–water partition coefficient (Wildman–Crippen LogP) is -0.124. The molecule has 0 aromatic carbocycles. The van der Waals surface area contributed by atoms with E-state index >= 15 is 0 Å². The standard InChI is InChI=1S/C12H14N7O5P/c13-10-9-11(16-4-15-10)19(6-17-9)8-3-7(20)12(23-8)24-25(21,22)18-2-1-14-5-18/h1-2,4-8,12,20H,3H2,(H,21,22)(H2,13,15,16)/t7?,8-,12-/m1/s1. The summed E-state index contributed by atoms with van der Waals surface area (Å²) in [5.74, 6) is 0.218. The Morgan fingerprint density at radius 3 is 2.96 bits per heavy atom. The van der Waals surface area contributed by atoms with Gasteiger partial charge in [0.15, 0.2) is 17.8 Å². The Bertz CT molecular complexity index is 945. The summed E-state index contributed by atoms with van der Waals surface area (Å²) in [6.45, 7) is 0. The van der Waals surface area contributed by atoms with Crippen molar-refractivity contribution in [2.45, 2.75) is 25.0 Å². The second-order valence-electron chi connectivity index (χ2n) is 5.38. The van der Waals surface area contributed by atoms with Crippen LogP contribution in [0.5, 0.6) is 0 Å². The third-order valence-corrected chi connectivity index (χ3v) is 5.07. The third-order valence-electron chi connectivity index (χ3n) is 3.77. The average molecular weight is 367 g/mol. The van der Waals surface area contributed by atoms with Gasteiger partial charge in [0, 0.05) is 18.8 Å². The van der Waals surface area contributed by atoms with E-state index in [0.29, 0.717) is 11.2 Å². The Balaban J connectivity index is 1.57. The highest BCUT2D eigenvalue weighted by Crippen LogP contribution is 2.47. The van der Waals surface area contributed by atoms with Crippen molar-refractivity contribution in [3.8, 4) is 0 Å². The molecule has 0 radical (unpaired) electrons. The lowest BCUT2D eigenvalue weighted by atomic mass is 10.2. The van der Waals surface area contributed by atoms with E-state index in [1.807, 2.05) is 0 Å². The number of nitrogen functional groups attached to an aromatic ring is 1. The summed E-state index contributed by atoms with van der Waals surface area (Å²) < 4.78 is 25.4. The zero-order valence-electron chi connectivity index (χ0n) is 12.7. The van der Waals surface area contributed by atoms with Crippen LogP contribution in [0.15, 0.2) is 31.4 Å². The number of nitrogens with zero attached hydrogens (tertiary/aromatic N) is 6. The maximum atomic E-state index is 12.2. The van der Waals surface area contributed by atoms with Crippen molar-refractivity contribution in [3.05, 3.63) is 31.4 Å². The number of aromatic nitrogens is 6. The SMILES string of the molecule is Nc1ncnc2c1ncn2[C@H]1CC(O)[C@@H](OP(=O)(O)n2ccnc2)O1. The van der Waals surface area contributed by atoms with Crippen LogP contribution in [-0.2, 0) is 13.8 Å². The van der Waals surface area contributed by atoms with Crippen LogP contribution >= 0.6 is 7.75 Å². The van der Waals surface area contributed by atoms with Crippen molar-refractivity contribution >= 4 is 24.7 Å². The Morgan fingerprint density at radius 1 is 1.36 bits per heavy atom. The predicted molar refractivity (Wildman–Crippen MR) is 82.8 cm³/mol. The van der Waals surface area contributed by atoms with Crippen molar-refractivity contribution in [2.24, 2.45) is 0 Å². The van der Waals surface area contributed by atoms with Gasteiger partial charge in [0.05, 0.1) is 6.33 Å². The number of aliphatic hydroxyl groups excluding tert-OH is 1. The van der Waals surface area contributed by atoms with E-state index in [4.69, 9.17) is 15.0 Å². The molecule has 4 heterocycles. The van der Waals surface area contributed by atoms with E-state index in [1.165, 1.54) is 25.0 Å². The van der Waals surface area contributed by atoms with Crippen LogP contribution in [0, 0.1) is 0 Å². The molecule has 4 atom stereocenters. The van der Waals surface area contributed by atoms with Crippen LogP contribution in [0.3, 0.4) is 0 Å². The van der Waals surface area contributed by atoms with Gasteiger partial charge in [0.2, 0.25) is 0 Å². The molecule has 13 heteroatoms. The summed E-state index contributed by atoms with van der Waals surface area (Å²) in [7, 11) is -4.24. The van der Waals surface area contributed by atoms with Crippen LogP contribution in [0.2, 0.25) is 0 Å². The van der Waals surface area contributed by atoms with Gasteiger partial charge in [-0.1, -0.05) is 0 Å². The number of hydrogen-bond acceptors (Lipinski definition) is 9. The minimum absolute atomic E-state index is 0.115. The van der Waals surface area contributed by atoms with E-state index in [2.05, 4.69) is 19.9 Å². The third kappa shape index (κ3) is 2.79. The highest BCUT2D eigenvalue weighted by atomic mass is 31.2. The zero-order chi connectivity index (χ0) is 17.6. The molecule has 1 aliphatic rings. The van der Waals surface area contributed by atoms with Crippen LogP contribution in [0.25, 0.3) is 11.2 Å². The maximum Gasteiger partial charge on any atom is 0.439 e. The highest BCUT2D eigenvalue weighted by molar-refractivity contribution is 7.51. The largest absolute Gasteiger partial charge is 0.439 e. The summed E-state index contributed by atoms with van der Waals surface area (Å²) in [5, 5.41) is 10.1. The Hall–Kier alpha value is -2.37. The smallest absolute Gasteiger partial charge is 0.388 e. The lowest BCUT2D eigenvalue weighted by Gasteiger charge is -2.19. The minimum Gasteiger partial charge on any atom is -0.388 e. The molecule has 2 unspecified atom stereocenters. The monoisotopic (exact) mass is 367 g/mol. The molecule has 25 heavy (non-hydrogen) atoms. The molecule has 4 rings (SSSR count). The van der Waals surface area contributed by atoms with Gasteiger partial charge in [-0.3, -0.25) is 9.09 Å². The molecule has 0 amide bonds. The molecule has 132 valence electrons. The summed E-state index contributed by atoms with van der Waals surface area (Å²) in [5.41, 5.74) is 6.56. The zero-order valence-corrected chi connectivity index (χ0v) is 13.5.